The van der Waals surface area contributed by atoms with Crippen molar-refractivity contribution in [2.75, 3.05) is 25.4 Å². The van der Waals surface area contributed by atoms with Gasteiger partial charge in [0.25, 0.3) is 5.91 Å². The number of nitrogen functional groups attached to an aromatic ring is 1. The fourth-order valence-corrected chi connectivity index (χ4v) is 6.43. The van der Waals surface area contributed by atoms with Crippen LogP contribution >= 0.6 is 0 Å². The number of amides is 1. The molecule has 0 unspecified atom stereocenters. The molecule has 0 bridgehead atoms. The van der Waals surface area contributed by atoms with Gasteiger partial charge >= 0.3 is 0 Å². The minimum atomic E-state index is -0.531. The zero-order chi connectivity index (χ0) is 31.6. The van der Waals surface area contributed by atoms with Gasteiger partial charge < -0.3 is 15.4 Å². The normalized spacial score (nSPS) is 17.9. The second-order valence-corrected chi connectivity index (χ2v) is 12.2. The molecule has 11 heteroatoms. The summed E-state index contributed by atoms with van der Waals surface area (Å²) in [5.74, 6) is 0.309. The van der Waals surface area contributed by atoms with Crippen molar-refractivity contribution < 1.29 is 13.9 Å². The lowest BCUT2D eigenvalue weighted by Crippen LogP contribution is -2.46. The van der Waals surface area contributed by atoms with Crippen LogP contribution in [-0.2, 0) is 11.3 Å². The van der Waals surface area contributed by atoms with Crippen LogP contribution in [0.4, 0.5) is 10.2 Å². The van der Waals surface area contributed by atoms with E-state index in [0.717, 1.165) is 38.8 Å². The highest BCUT2D eigenvalue weighted by Crippen LogP contribution is 2.35. The second-order valence-electron chi connectivity index (χ2n) is 12.2. The summed E-state index contributed by atoms with van der Waals surface area (Å²) in [6, 6.07) is 15.7. The predicted molar refractivity (Wildman–Crippen MR) is 170 cm³/mol. The Bertz CT molecular complexity index is 1770. The van der Waals surface area contributed by atoms with Crippen LogP contribution in [0.25, 0.3) is 22.3 Å². The van der Waals surface area contributed by atoms with Crippen molar-refractivity contribution in [3.63, 3.8) is 0 Å². The molecule has 0 saturated carbocycles. The monoisotopic (exact) mass is 608 g/mol. The number of nitrogens with two attached hydrogens (primary N) is 1. The zero-order valence-electron chi connectivity index (χ0n) is 25.6. The third-order valence-corrected chi connectivity index (χ3v) is 8.77. The van der Waals surface area contributed by atoms with Crippen LogP contribution in [0.1, 0.15) is 46.0 Å². The lowest BCUT2D eigenvalue weighted by atomic mass is 9.95. The van der Waals surface area contributed by atoms with Gasteiger partial charge in [-0.05, 0) is 83.0 Å². The average Bonchev–Trinajstić information content (AvgIpc) is 3.66. The Hall–Kier alpha value is -4.82. The molecule has 2 N–H and O–H groups in total. The van der Waals surface area contributed by atoms with E-state index in [4.69, 9.17) is 15.6 Å². The molecule has 6 rings (SSSR count). The van der Waals surface area contributed by atoms with Gasteiger partial charge in [-0.15, -0.1) is 0 Å². The standard InChI is InChI=1S/C34H37FN8O2/c1-34(2,41-15-7-4-8-16-41)19-23(20-36)33(44)42-17-9-10-24(42)21-43-32-29(31(37)38-22-39-32)30(40-43)27-14-13-26(18-28(27)35)45-25-11-5-3-6-12-25/h3,5-6,11-14,18-19,22,24H,4,7-10,15-17,21H2,1-2H3,(H2,37,38,39)/t24-/m1/s1. The Morgan fingerprint density at radius 2 is 1.87 bits per heavy atom. The number of halogens is 1. The summed E-state index contributed by atoms with van der Waals surface area (Å²) in [6.45, 7) is 6.87. The Kier molecular flexibility index (Phi) is 8.50. The first-order valence-corrected chi connectivity index (χ1v) is 15.4. The van der Waals surface area contributed by atoms with Crippen LogP contribution in [0, 0.1) is 17.1 Å². The van der Waals surface area contributed by atoms with Crippen molar-refractivity contribution in [1.82, 2.24) is 29.5 Å². The molecule has 2 fully saturated rings. The molecule has 2 aromatic heterocycles. The maximum atomic E-state index is 15.6. The molecule has 10 nitrogen and oxygen atoms in total. The molecule has 0 aliphatic carbocycles. The number of hydrogen-bond acceptors (Lipinski definition) is 8. The number of nitriles is 1. The first kappa shape index (κ1) is 30.2. The maximum absolute atomic E-state index is 15.6. The second kappa shape index (κ2) is 12.7. The van der Waals surface area contributed by atoms with Crippen LogP contribution in [0.15, 0.2) is 66.5 Å². The van der Waals surface area contributed by atoms with Gasteiger partial charge in [-0.1, -0.05) is 24.6 Å². The fourth-order valence-electron chi connectivity index (χ4n) is 6.43. The lowest BCUT2D eigenvalue weighted by molar-refractivity contribution is -0.127. The number of aromatic nitrogens is 4. The number of rotatable bonds is 8. The van der Waals surface area contributed by atoms with Gasteiger partial charge in [0.2, 0.25) is 0 Å². The highest BCUT2D eigenvalue weighted by molar-refractivity contribution is 5.99. The maximum Gasteiger partial charge on any atom is 0.264 e. The molecule has 2 aliphatic heterocycles. The van der Waals surface area contributed by atoms with E-state index in [1.807, 2.05) is 24.3 Å². The van der Waals surface area contributed by atoms with E-state index in [1.165, 1.54) is 18.8 Å². The van der Waals surface area contributed by atoms with E-state index in [9.17, 15) is 10.1 Å². The Morgan fingerprint density at radius 1 is 1.09 bits per heavy atom. The molecule has 0 spiro atoms. The van der Waals surface area contributed by atoms with E-state index in [0.29, 0.717) is 41.3 Å². The number of anilines is 1. The van der Waals surface area contributed by atoms with Gasteiger partial charge in [0.15, 0.2) is 5.65 Å². The summed E-state index contributed by atoms with van der Waals surface area (Å²) < 4.78 is 23.0. The van der Waals surface area contributed by atoms with Crippen molar-refractivity contribution in [2.24, 2.45) is 0 Å². The van der Waals surface area contributed by atoms with Crippen molar-refractivity contribution in [3.05, 3.63) is 72.3 Å². The number of piperidine rings is 1. The van der Waals surface area contributed by atoms with Crippen molar-refractivity contribution in [3.8, 4) is 28.8 Å². The van der Waals surface area contributed by atoms with Gasteiger partial charge in [0.05, 0.1) is 18.0 Å². The number of nitrogens with zero attached hydrogens (tertiary/aromatic N) is 7. The molecule has 0 radical (unpaired) electrons. The molecule has 2 saturated heterocycles. The number of likely N-dealkylation sites (tertiary alicyclic amines) is 2. The first-order valence-electron chi connectivity index (χ1n) is 15.4. The minimum absolute atomic E-state index is 0.148. The third-order valence-electron chi connectivity index (χ3n) is 8.77. The summed E-state index contributed by atoms with van der Waals surface area (Å²) in [6.07, 6.45) is 8.14. The van der Waals surface area contributed by atoms with Gasteiger partial charge in [-0.25, -0.2) is 19.0 Å². The molecular weight excluding hydrogens is 571 g/mol. The summed E-state index contributed by atoms with van der Waals surface area (Å²) in [4.78, 5) is 26.5. The number of hydrogen-bond donors (Lipinski definition) is 1. The predicted octanol–water partition coefficient (Wildman–Crippen LogP) is 5.71. The number of para-hydroxylation sites is 1. The molecule has 2 aliphatic rings. The Morgan fingerprint density at radius 3 is 2.60 bits per heavy atom. The largest absolute Gasteiger partial charge is 0.457 e. The minimum Gasteiger partial charge on any atom is -0.457 e. The van der Waals surface area contributed by atoms with Gasteiger partial charge in [0.1, 0.15) is 46.8 Å². The molecule has 45 heavy (non-hydrogen) atoms. The van der Waals surface area contributed by atoms with Crippen LogP contribution in [0.3, 0.4) is 0 Å². The molecule has 1 atom stereocenters. The molecule has 2 aromatic carbocycles. The summed E-state index contributed by atoms with van der Waals surface area (Å²) in [5, 5.41) is 15.2. The summed E-state index contributed by atoms with van der Waals surface area (Å²) in [5.41, 5.74) is 7.01. The van der Waals surface area contributed by atoms with Gasteiger partial charge in [-0.2, -0.15) is 10.4 Å². The van der Waals surface area contributed by atoms with Crippen LogP contribution < -0.4 is 10.5 Å². The molecule has 1 amide bonds. The summed E-state index contributed by atoms with van der Waals surface area (Å²) >= 11 is 0. The summed E-state index contributed by atoms with van der Waals surface area (Å²) in [7, 11) is 0. The number of carbonyl (C=O) groups excluding carboxylic acids is 1. The topological polar surface area (TPSA) is 126 Å². The smallest absolute Gasteiger partial charge is 0.264 e. The van der Waals surface area contributed by atoms with Crippen molar-refractivity contribution in [1.29, 1.82) is 5.26 Å². The van der Waals surface area contributed by atoms with Gasteiger partial charge in [0, 0.05) is 23.7 Å². The first-order chi connectivity index (χ1) is 21.7. The highest BCUT2D eigenvalue weighted by atomic mass is 19.1. The van der Waals surface area contributed by atoms with E-state index in [2.05, 4.69) is 34.8 Å². The molecule has 4 heterocycles. The number of ether oxygens (including phenoxy) is 1. The zero-order valence-corrected chi connectivity index (χ0v) is 25.6. The average molecular weight is 609 g/mol. The van der Waals surface area contributed by atoms with Crippen LogP contribution in [0.5, 0.6) is 11.5 Å². The van der Waals surface area contributed by atoms with Crippen LogP contribution in [-0.4, -0.2) is 66.7 Å². The fraction of sp³-hybridized carbons (Fsp3) is 0.382. The van der Waals surface area contributed by atoms with E-state index in [1.54, 1.807) is 33.8 Å². The lowest BCUT2D eigenvalue weighted by Gasteiger charge is -2.39. The molecular formula is C34H37FN8O2. The number of carbonyl (C=O) groups is 1. The van der Waals surface area contributed by atoms with Crippen LogP contribution in [0.2, 0.25) is 0 Å². The van der Waals surface area contributed by atoms with Crippen molar-refractivity contribution in [2.45, 2.75) is 64.1 Å². The van der Waals surface area contributed by atoms with Crippen molar-refractivity contribution >= 4 is 22.8 Å². The molecule has 4 aromatic rings. The van der Waals surface area contributed by atoms with Gasteiger partial charge in [-0.3, -0.25) is 9.69 Å². The Labute approximate surface area is 261 Å². The SMILES string of the molecule is CC(C)(C=C(C#N)C(=O)N1CCC[C@@H]1Cn1nc(-c2ccc(Oc3ccccc3)cc2F)c2c(N)ncnc21)N1CCCCC1. The van der Waals surface area contributed by atoms with E-state index < -0.39 is 11.4 Å². The Balaban J connectivity index is 1.28. The van der Waals surface area contributed by atoms with E-state index in [-0.39, 0.29) is 28.9 Å². The number of fused-ring (bicyclic) bond motifs is 1. The molecule has 232 valence electrons. The van der Waals surface area contributed by atoms with E-state index >= 15 is 4.39 Å². The third kappa shape index (κ3) is 6.24. The highest BCUT2D eigenvalue weighted by Gasteiger charge is 2.34. The quantitative estimate of drug-likeness (QED) is 0.199. The number of benzene rings is 2.